The second-order valence-electron chi connectivity index (χ2n) is 6.81. The van der Waals surface area contributed by atoms with Gasteiger partial charge in [-0.2, -0.15) is 0 Å². The van der Waals surface area contributed by atoms with Crippen LogP contribution in [0.4, 0.5) is 0 Å². The van der Waals surface area contributed by atoms with Crippen LogP contribution in [0.1, 0.15) is 16.1 Å². The second kappa shape index (κ2) is 9.93. The van der Waals surface area contributed by atoms with E-state index in [1.165, 1.54) is 19.2 Å². The average Bonchev–Trinajstić information content (AvgIpc) is 2.75. The topological polar surface area (TPSA) is 91.8 Å². The Labute approximate surface area is 171 Å². The van der Waals surface area contributed by atoms with E-state index in [0.717, 1.165) is 25.3 Å². The third-order valence-corrected chi connectivity index (χ3v) is 6.22. The molecule has 1 fully saturated rings. The molecule has 2 heterocycles. The molecular formula is C20H26N4O4S. The van der Waals surface area contributed by atoms with Crippen LogP contribution in [-0.4, -0.2) is 75.5 Å². The molecule has 0 atom stereocenters. The number of piperazine rings is 1. The van der Waals surface area contributed by atoms with E-state index in [-0.39, 0.29) is 24.0 Å². The van der Waals surface area contributed by atoms with Crippen molar-refractivity contribution in [3.8, 4) is 0 Å². The summed E-state index contributed by atoms with van der Waals surface area (Å²) in [7, 11) is -2.17. The summed E-state index contributed by atoms with van der Waals surface area (Å²) in [6, 6.07) is 12.0. The van der Waals surface area contributed by atoms with Crippen molar-refractivity contribution in [2.75, 3.05) is 46.4 Å². The van der Waals surface area contributed by atoms with Crippen LogP contribution in [0.15, 0.2) is 53.6 Å². The van der Waals surface area contributed by atoms with E-state index >= 15 is 0 Å². The number of aromatic nitrogens is 1. The van der Waals surface area contributed by atoms with Gasteiger partial charge in [0.05, 0.1) is 17.2 Å². The summed E-state index contributed by atoms with van der Waals surface area (Å²) in [6.07, 6.45) is 1.78. The molecule has 8 nitrogen and oxygen atoms in total. The predicted molar refractivity (Wildman–Crippen MR) is 109 cm³/mol. The van der Waals surface area contributed by atoms with Crippen LogP contribution in [0.3, 0.4) is 0 Å². The van der Waals surface area contributed by atoms with Crippen molar-refractivity contribution in [3.05, 3.63) is 59.9 Å². The lowest BCUT2D eigenvalue weighted by molar-refractivity contribution is 0.0627. The molecule has 0 spiro atoms. The zero-order valence-electron chi connectivity index (χ0n) is 16.5. The van der Waals surface area contributed by atoms with E-state index in [0.29, 0.717) is 18.7 Å². The second-order valence-corrected chi connectivity index (χ2v) is 8.57. The Kier molecular flexibility index (Phi) is 7.32. The number of benzene rings is 1. The quantitative estimate of drug-likeness (QED) is 0.642. The molecule has 1 N–H and O–H groups in total. The van der Waals surface area contributed by atoms with E-state index in [1.54, 1.807) is 23.2 Å². The normalized spacial score (nSPS) is 15.4. The van der Waals surface area contributed by atoms with Gasteiger partial charge >= 0.3 is 0 Å². The Morgan fingerprint density at radius 1 is 1.14 bits per heavy atom. The van der Waals surface area contributed by atoms with Gasteiger partial charge in [0.15, 0.2) is 0 Å². The Balaban J connectivity index is 1.60. The highest BCUT2D eigenvalue weighted by Gasteiger charge is 2.23. The largest absolute Gasteiger partial charge is 0.383 e. The molecule has 0 radical (unpaired) electrons. The number of nitrogens with one attached hydrogen (secondary N) is 1. The molecule has 1 saturated heterocycles. The maximum absolute atomic E-state index is 12.9. The maximum Gasteiger partial charge on any atom is 0.253 e. The number of amides is 1. The van der Waals surface area contributed by atoms with Gasteiger partial charge in [-0.3, -0.25) is 14.7 Å². The fraction of sp³-hybridized carbons (Fsp3) is 0.400. The van der Waals surface area contributed by atoms with E-state index in [9.17, 15) is 13.2 Å². The van der Waals surface area contributed by atoms with Crippen molar-refractivity contribution < 1.29 is 17.9 Å². The zero-order chi connectivity index (χ0) is 20.7. The van der Waals surface area contributed by atoms with Gasteiger partial charge in [-0.15, -0.1) is 0 Å². The molecule has 29 heavy (non-hydrogen) atoms. The van der Waals surface area contributed by atoms with E-state index in [4.69, 9.17) is 4.74 Å². The van der Waals surface area contributed by atoms with E-state index in [1.807, 2.05) is 18.2 Å². The zero-order valence-corrected chi connectivity index (χ0v) is 17.3. The van der Waals surface area contributed by atoms with Gasteiger partial charge in [-0.25, -0.2) is 13.1 Å². The number of hydrogen-bond donors (Lipinski definition) is 1. The van der Waals surface area contributed by atoms with Crippen molar-refractivity contribution in [2.45, 2.75) is 11.4 Å². The number of nitrogens with zero attached hydrogens (tertiary/aromatic N) is 3. The molecule has 0 bridgehead atoms. The summed E-state index contributed by atoms with van der Waals surface area (Å²) in [6.45, 7) is 3.89. The number of pyridine rings is 1. The first-order valence-corrected chi connectivity index (χ1v) is 11.0. The Hall–Kier alpha value is -2.33. The minimum absolute atomic E-state index is 0.0771. The number of rotatable bonds is 8. The summed E-state index contributed by atoms with van der Waals surface area (Å²) in [5.41, 5.74) is 1.38. The molecule has 1 aromatic heterocycles. The lowest BCUT2D eigenvalue weighted by Crippen LogP contribution is -2.48. The van der Waals surface area contributed by atoms with Crippen molar-refractivity contribution in [2.24, 2.45) is 0 Å². The monoisotopic (exact) mass is 418 g/mol. The summed E-state index contributed by atoms with van der Waals surface area (Å²) in [5, 5.41) is 0. The van der Waals surface area contributed by atoms with E-state index in [2.05, 4.69) is 14.6 Å². The van der Waals surface area contributed by atoms with Crippen molar-refractivity contribution in [1.29, 1.82) is 0 Å². The fourth-order valence-corrected chi connectivity index (χ4v) is 4.23. The Bertz CT molecular complexity index is 913. The first-order valence-electron chi connectivity index (χ1n) is 9.50. The van der Waals surface area contributed by atoms with Gasteiger partial charge in [0.2, 0.25) is 10.0 Å². The van der Waals surface area contributed by atoms with E-state index < -0.39 is 10.0 Å². The van der Waals surface area contributed by atoms with Crippen LogP contribution in [0.5, 0.6) is 0 Å². The van der Waals surface area contributed by atoms with Gasteiger partial charge in [0, 0.05) is 58.1 Å². The molecule has 3 rings (SSSR count). The molecule has 0 aliphatic carbocycles. The van der Waals surface area contributed by atoms with Crippen LogP contribution < -0.4 is 4.72 Å². The summed E-state index contributed by atoms with van der Waals surface area (Å²) in [5.74, 6) is -0.156. The molecular weight excluding hydrogens is 392 g/mol. The predicted octanol–water partition coefficient (Wildman–Crippen LogP) is 0.964. The lowest BCUT2D eigenvalue weighted by atomic mass is 10.2. The molecule has 1 aromatic carbocycles. The van der Waals surface area contributed by atoms with Crippen LogP contribution in [0, 0.1) is 0 Å². The van der Waals surface area contributed by atoms with Crippen molar-refractivity contribution in [3.63, 3.8) is 0 Å². The van der Waals surface area contributed by atoms with Crippen molar-refractivity contribution in [1.82, 2.24) is 19.5 Å². The van der Waals surface area contributed by atoms with Gasteiger partial charge in [-0.1, -0.05) is 12.1 Å². The van der Waals surface area contributed by atoms with Crippen LogP contribution in [0.25, 0.3) is 0 Å². The van der Waals surface area contributed by atoms with Gasteiger partial charge in [0.25, 0.3) is 5.91 Å². The highest BCUT2D eigenvalue weighted by molar-refractivity contribution is 7.89. The summed E-state index contributed by atoms with van der Waals surface area (Å²) in [4.78, 5) is 21.3. The van der Waals surface area contributed by atoms with Crippen LogP contribution in [-0.2, 0) is 21.3 Å². The third-order valence-electron chi connectivity index (χ3n) is 4.76. The third kappa shape index (κ3) is 5.83. The number of ether oxygens (including phenoxy) is 1. The number of hydrogen-bond acceptors (Lipinski definition) is 6. The molecule has 156 valence electrons. The first-order chi connectivity index (χ1) is 14.0. The molecule has 1 amide bonds. The van der Waals surface area contributed by atoms with Crippen LogP contribution in [0.2, 0.25) is 0 Å². The molecule has 1 aliphatic heterocycles. The highest BCUT2D eigenvalue weighted by Crippen LogP contribution is 2.15. The SMILES string of the molecule is COCCNS(=O)(=O)c1cccc(C(=O)N2CCN(Cc3ccccn3)CC2)c1. The first kappa shape index (κ1) is 21.4. The Morgan fingerprint density at radius 3 is 2.62 bits per heavy atom. The van der Waals surface area contributed by atoms with Crippen molar-refractivity contribution >= 4 is 15.9 Å². The summed E-state index contributed by atoms with van der Waals surface area (Å²) < 4.78 is 32.1. The Morgan fingerprint density at radius 2 is 1.93 bits per heavy atom. The summed E-state index contributed by atoms with van der Waals surface area (Å²) >= 11 is 0. The maximum atomic E-state index is 12.9. The van der Waals surface area contributed by atoms with Crippen LogP contribution >= 0.6 is 0 Å². The molecule has 1 aliphatic rings. The van der Waals surface area contributed by atoms with Gasteiger partial charge < -0.3 is 9.64 Å². The standard InChI is InChI=1S/C20H26N4O4S/c1-28-14-9-22-29(26,27)19-7-4-5-17(15-19)20(25)24-12-10-23(11-13-24)16-18-6-2-3-8-21-18/h2-8,15,22H,9-14,16H2,1H3. The number of methoxy groups -OCH3 is 1. The lowest BCUT2D eigenvalue weighted by Gasteiger charge is -2.34. The van der Waals surface area contributed by atoms with Gasteiger partial charge in [0.1, 0.15) is 0 Å². The highest BCUT2D eigenvalue weighted by atomic mass is 32.2. The minimum atomic E-state index is -3.68. The molecule has 2 aromatic rings. The number of carbonyl (C=O) groups is 1. The average molecular weight is 419 g/mol. The number of carbonyl (C=O) groups excluding carboxylic acids is 1. The molecule has 0 saturated carbocycles. The molecule has 0 unspecified atom stereocenters. The fourth-order valence-electron chi connectivity index (χ4n) is 3.17. The van der Waals surface area contributed by atoms with Gasteiger partial charge in [-0.05, 0) is 30.3 Å². The minimum Gasteiger partial charge on any atom is -0.383 e. The smallest absolute Gasteiger partial charge is 0.253 e. The molecule has 9 heteroatoms. The number of sulfonamides is 1.